The van der Waals surface area contributed by atoms with E-state index in [1.54, 1.807) is 0 Å². The van der Waals surface area contributed by atoms with Crippen LogP contribution in [0.5, 0.6) is 0 Å². The van der Waals surface area contributed by atoms with E-state index in [0.29, 0.717) is 4.68 Å². The third kappa shape index (κ3) is 3.96. The van der Waals surface area contributed by atoms with E-state index in [1.165, 1.54) is 0 Å². The van der Waals surface area contributed by atoms with Crippen molar-refractivity contribution in [2.45, 2.75) is 12.1 Å². The number of halogens is 1. The maximum atomic E-state index is 12.0. The lowest BCUT2D eigenvalue weighted by atomic mass is 10.2. The van der Waals surface area contributed by atoms with Crippen molar-refractivity contribution in [3.63, 3.8) is 0 Å². The Bertz CT molecular complexity index is 699. The van der Waals surface area contributed by atoms with Crippen molar-refractivity contribution in [1.82, 2.24) is 14.7 Å². The van der Waals surface area contributed by atoms with E-state index < -0.39 is 32.2 Å². The maximum absolute atomic E-state index is 12.0. The van der Waals surface area contributed by atoms with E-state index in [4.69, 9.17) is 35.6 Å². The fourth-order valence-corrected chi connectivity index (χ4v) is 1.51. The first-order valence-electron chi connectivity index (χ1n) is 7.60. The second-order valence-corrected chi connectivity index (χ2v) is 4.21. The predicted octanol–water partition coefficient (Wildman–Crippen LogP) is 2.17. The van der Waals surface area contributed by atoms with E-state index in [-0.39, 0.29) is 20.9 Å². The monoisotopic (exact) mass is 328 g/mol. The molecule has 0 aliphatic rings. The van der Waals surface area contributed by atoms with Gasteiger partial charge in [0, 0.05) is 31.9 Å². The molecule has 0 aliphatic carbocycles. The van der Waals surface area contributed by atoms with Gasteiger partial charge in [-0.05, 0) is 0 Å². The molecule has 0 N–H and O–H groups in total. The highest BCUT2D eigenvalue weighted by atomic mass is 79.9. The van der Waals surface area contributed by atoms with Gasteiger partial charge in [0.2, 0.25) is 0 Å². The Hall–Kier alpha value is -1.55. The second-order valence-electron chi connectivity index (χ2n) is 3.42. The highest BCUT2D eigenvalue weighted by Gasteiger charge is 2.23. The molecule has 1 heterocycles. The van der Waals surface area contributed by atoms with Gasteiger partial charge >= 0.3 is 6.09 Å². The lowest BCUT2D eigenvalue weighted by molar-refractivity contribution is 0.0687. The normalized spacial score (nSPS) is 17.0. The molecule has 1 amide bonds. The quantitative estimate of drug-likeness (QED) is 0.799. The first kappa shape index (κ1) is 8.59. The van der Waals surface area contributed by atoms with Crippen molar-refractivity contribution in [1.29, 1.82) is 0 Å². The van der Waals surface area contributed by atoms with Gasteiger partial charge in [0.25, 0.3) is 5.82 Å². The van der Waals surface area contributed by atoms with E-state index in [9.17, 15) is 4.79 Å². The third-order valence-electron chi connectivity index (χ3n) is 1.77. The van der Waals surface area contributed by atoms with Crippen LogP contribution in [0.4, 0.5) is 10.6 Å². The number of carbonyl (C=O) groups excluding carboxylic acids is 1. The van der Waals surface area contributed by atoms with Gasteiger partial charge in [0.15, 0.2) is 0 Å². The fourth-order valence-electron chi connectivity index (χ4n) is 1.05. The Morgan fingerprint density at radius 1 is 1.74 bits per heavy atom. The molecule has 7 heteroatoms. The molecule has 0 saturated carbocycles. The van der Waals surface area contributed by atoms with E-state index in [2.05, 4.69) is 30.6 Å². The van der Waals surface area contributed by atoms with Crippen molar-refractivity contribution in [3.05, 3.63) is 42.4 Å². The van der Waals surface area contributed by atoms with Crippen LogP contribution < -0.4 is 0 Å². The smallest absolute Gasteiger partial charge is 0.410 e. The molecule has 0 spiro atoms. The Morgan fingerprint density at radius 3 is 2.84 bits per heavy atom. The van der Waals surface area contributed by atoms with Crippen LogP contribution in [0.1, 0.15) is 13.9 Å². The van der Waals surface area contributed by atoms with Crippen LogP contribution in [0, 0.1) is 27.3 Å². The summed E-state index contributed by atoms with van der Waals surface area (Å²) in [6.45, 7) is 15.8. The zero-order valence-corrected chi connectivity index (χ0v) is 11.0. The first-order valence-corrected chi connectivity index (χ1v) is 5.40. The summed E-state index contributed by atoms with van der Waals surface area (Å²) in [5.74, 6) is -0.389. The first-order chi connectivity index (χ1) is 11.1. The van der Waals surface area contributed by atoms with Gasteiger partial charge in [-0.15, -0.1) is 5.10 Å². The minimum atomic E-state index is -3.01. The van der Waals surface area contributed by atoms with Crippen molar-refractivity contribution in [3.8, 4) is 0 Å². The van der Waals surface area contributed by atoms with Gasteiger partial charge in [0.1, 0.15) is 11.3 Å². The Morgan fingerprint density at radius 2 is 2.42 bits per heavy atom. The molecule has 1 aromatic heterocycles. The van der Waals surface area contributed by atoms with Crippen LogP contribution in [0.15, 0.2) is 4.47 Å². The molecule has 0 aromatic carbocycles. The molecule has 0 bridgehead atoms. The minimum absolute atomic E-state index is 0.0832. The molecule has 1 rings (SSSR count). The van der Waals surface area contributed by atoms with Crippen LogP contribution >= 0.6 is 15.9 Å². The number of aromatic nitrogens is 2. The number of rotatable bonds is 3. The van der Waals surface area contributed by atoms with E-state index in [0.717, 1.165) is 0 Å². The van der Waals surface area contributed by atoms with E-state index in [1.807, 2.05) is 0 Å². The Labute approximate surface area is 129 Å². The van der Waals surface area contributed by atoms with Gasteiger partial charge in [-0.25, -0.2) is 4.79 Å². The van der Waals surface area contributed by atoms with Crippen molar-refractivity contribution < 1.29 is 17.8 Å². The fraction of sp³-hybridized carbons (Fsp3) is 0.333. The number of aryl methyl sites for hydroxylation is 1. The van der Waals surface area contributed by atoms with Gasteiger partial charge in [-0.2, -0.15) is 4.68 Å². The number of nitrogens with zero attached hydrogens (tertiary/aromatic N) is 4. The van der Waals surface area contributed by atoms with Crippen LogP contribution in [-0.4, -0.2) is 33.4 Å². The summed E-state index contributed by atoms with van der Waals surface area (Å²) in [5.41, 5.74) is -2.62. The number of amides is 1. The molecule has 0 atom stereocenters. The third-order valence-corrected chi connectivity index (χ3v) is 2.58. The van der Waals surface area contributed by atoms with Gasteiger partial charge in [-0.3, -0.25) is 0 Å². The van der Waals surface area contributed by atoms with Gasteiger partial charge in [-0.1, -0.05) is 22.5 Å². The summed E-state index contributed by atoms with van der Waals surface area (Å²) in [6, 6.07) is 0. The van der Waals surface area contributed by atoms with Crippen molar-refractivity contribution in [2.24, 2.45) is 6.98 Å². The van der Waals surface area contributed by atoms with Gasteiger partial charge in [0.05, 0.1) is 22.1 Å². The molecule has 6 radical (unpaired) electrons. The van der Waals surface area contributed by atoms with Crippen LogP contribution in [0.25, 0.3) is 4.85 Å². The minimum Gasteiger partial charge on any atom is -0.442 e. The summed E-state index contributed by atoms with van der Waals surface area (Å²) in [4.78, 5) is 15.2. The number of ether oxygens (including phenoxy) is 1. The van der Waals surface area contributed by atoms with Crippen molar-refractivity contribution in [2.75, 3.05) is 6.98 Å². The summed E-state index contributed by atoms with van der Waals surface area (Å²) in [7, 11) is 0. The van der Waals surface area contributed by atoms with Crippen molar-refractivity contribution >= 4 is 27.8 Å². The molecular formula is C12H11BrN4O2. The number of hydrogen-bond acceptors (Lipinski definition) is 3. The average Bonchev–Trinajstić information content (AvgIpc) is 2.68. The zero-order chi connectivity index (χ0) is 19.8. The number of carbonyl (C=O) groups is 1. The highest BCUT2D eigenvalue weighted by Crippen LogP contribution is 2.29. The van der Waals surface area contributed by atoms with Crippen LogP contribution in [-0.2, 0) is 18.3 Å². The topological polar surface area (TPSA) is 51.7 Å². The lowest BCUT2D eigenvalue weighted by Crippen LogP contribution is -2.34. The molecule has 0 aliphatic heterocycles. The average molecular weight is 329 g/mol. The summed E-state index contributed by atoms with van der Waals surface area (Å²) >= 11 is 2.98. The van der Waals surface area contributed by atoms with Gasteiger partial charge < -0.3 is 14.5 Å². The molecule has 0 saturated heterocycles. The SMILES string of the molecule is [2H]C([2H])([2H])N(Cc1nn(C([2H])([2H])[2H])c([N+]#[C-])c1Br)C(=O)OC([CH])([CH])[CH]. The molecule has 1 aromatic rings. The highest BCUT2D eigenvalue weighted by molar-refractivity contribution is 9.10. The molecule has 98 valence electrons. The van der Waals surface area contributed by atoms with Crippen LogP contribution in [0.2, 0.25) is 0 Å². The van der Waals surface area contributed by atoms with E-state index >= 15 is 0 Å². The molecule has 19 heavy (non-hydrogen) atoms. The Balaban J connectivity index is 3.30. The summed E-state index contributed by atoms with van der Waals surface area (Å²) in [6.07, 6.45) is -1.48. The molecule has 0 unspecified atom stereocenters. The zero-order valence-electron chi connectivity index (χ0n) is 15.4. The second kappa shape index (κ2) is 5.61. The maximum Gasteiger partial charge on any atom is 0.410 e. The van der Waals surface area contributed by atoms with Crippen LogP contribution in [0.3, 0.4) is 0 Å². The Kier molecular flexibility index (Phi) is 2.54. The summed E-state index contributed by atoms with van der Waals surface area (Å²) in [5, 5.41) is 3.68. The lowest BCUT2D eigenvalue weighted by Gasteiger charge is -2.23. The predicted molar refractivity (Wildman–Crippen MR) is 70.7 cm³/mol. The largest absolute Gasteiger partial charge is 0.442 e. The molecule has 6 nitrogen and oxygen atoms in total. The summed E-state index contributed by atoms with van der Waals surface area (Å²) < 4.78 is 48.9. The molecule has 0 fully saturated rings. The number of hydrogen-bond donors (Lipinski definition) is 0. The molecular weight excluding hydrogens is 312 g/mol. The standard InChI is InChI=1S/C12H11BrN4O2/c1-12(2,3)19-11(18)16(5)7-8-9(13)10(14-4)17(6)15-8/h1-3H,7H2,5-6H3/i5D3,6D3.